The predicted molar refractivity (Wildman–Crippen MR) is 83.8 cm³/mol. The third-order valence-corrected chi connectivity index (χ3v) is 3.36. The Morgan fingerprint density at radius 2 is 1.55 bits per heavy atom. The van der Waals surface area contributed by atoms with E-state index in [4.69, 9.17) is 0 Å². The molecule has 1 aromatic heterocycles. The summed E-state index contributed by atoms with van der Waals surface area (Å²) in [5.74, 6) is 0. The van der Waals surface area contributed by atoms with E-state index in [0.717, 1.165) is 22.5 Å². The molecule has 0 bridgehead atoms. The molecule has 100 valence electrons. The van der Waals surface area contributed by atoms with Crippen LogP contribution in [-0.4, -0.2) is 24.1 Å². The van der Waals surface area contributed by atoms with Crippen molar-refractivity contribution in [2.24, 2.45) is 0 Å². The molecule has 1 heterocycles. The molecule has 0 fully saturated rings. The number of aromatic amines is 1. The topological polar surface area (TPSA) is 31.9 Å². The van der Waals surface area contributed by atoms with Crippen LogP contribution in [0.15, 0.2) is 60.9 Å². The molecular weight excluding hydrogens is 246 g/mol. The molecule has 3 nitrogen and oxygen atoms in total. The Labute approximate surface area is 118 Å². The van der Waals surface area contributed by atoms with Gasteiger partial charge in [0.2, 0.25) is 0 Å². The largest absolute Gasteiger partial charge is 0.378 e. The molecule has 0 aliphatic heterocycles. The summed E-state index contributed by atoms with van der Waals surface area (Å²) >= 11 is 0. The van der Waals surface area contributed by atoms with Gasteiger partial charge in [0, 0.05) is 30.9 Å². The third kappa shape index (κ3) is 2.30. The molecule has 0 saturated carbocycles. The van der Waals surface area contributed by atoms with Crippen LogP contribution >= 0.6 is 0 Å². The second-order valence-corrected chi connectivity index (χ2v) is 4.93. The van der Waals surface area contributed by atoms with E-state index in [1.54, 1.807) is 6.33 Å². The molecule has 1 N–H and O–H groups in total. The Kier molecular flexibility index (Phi) is 3.25. The normalized spacial score (nSPS) is 10.5. The standard InChI is InChI=1S/C17H17N3/c1-20(2)15-10-8-14(9-11-15)17-16(18-12-19-17)13-6-4-3-5-7-13/h3-12H,1-2H3,(H,18,19). The Morgan fingerprint density at radius 3 is 2.20 bits per heavy atom. The number of nitrogens with zero attached hydrogens (tertiary/aromatic N) is 2. The van der Waals surface area contributed by atoms with Crippen LogP contribution in [0.25, 0.3) is 22.5 Å². The maximum atomic E-state index is 4.45. The van der Waals surface area contributed by atoms with E-state index in [-0.39, 0.29) is 0 Å². The Balaban J connectivity index is 2.01. The van der Waals surface area contributed by atoms with Crippen LogP contribution in [0.3, 0.4) is 0 Å². The Bertz CT molecular complexity index is 682. The lowest BCUT2D eigenvalue weighted by Gasteiger charge is -2.12. The molecule has 3 heteroatoms. The van der Waals surface area contributed by atoms with Crippen LogP contribution < -0.4 is 4.90 Å². The summed E-state index contributed by atoms with van der Waals surface area (Å²) in [5.41, 5.74) is 5.51. The van der Waals surface area contributed by atoms with Crippen LogP contribution in [0.1, 0.15) is 0 Å². The van der Waals surface area contributed by atoms with Gasteiger partial charge in [-0.25, -0.2) is 4.98 Å². The van der Waals surface area contributed by atoms with Crippen molar-refractivity contribution in [3.05, 3.63) is 60.9 Å². The molecule has 0 aliphatic rings. The predicted octanol–water partition coefficient (Wildman–Crippen LogP) is 3.81. The van der Waals surface area contributed by atoms with Crippen molar-refractivity contribution >= 4 is 5.69 Å². The molecule has 0 amide bonds. The lowest BCUT2D eigenvalue weighted by atomic mass is 10.0. The number of benzene rings is 2. The van der Waals surface area contributed by atoms with Crippen molar-refractivity contribution in [3.63, 3.8) is 0 Å². The maximum Gasteiger partial charge on any atom is 0.0960 e. The first-order valence-electron chi connectivity index (χ1n) is 6.62. The molecule has 20 heavy (non-hydrogen) atoms. The second-order valence-electron chi connectivity index (χ2n) is 4.93. The van der Waals surface area contributed by atoms with Gasteiger partial charge in [0.15, 0.2) is 0 Å². The van der Waals surface area contributed by atoms with E-state index in [1.165, 1.54) is 5.69 Å². The summed E-state index contributed by atoms with van der Waals surface area (Å²) in [6, 6.07) is 18.7. The summed E-state index contributed by atoms with van der Waals surface area (Å²) < 4.78 is 0. The number of H-pyrrole nitrogens is 1. The van der Waals surface area contributed by atoms with Gasteiger partial charge in [0.1, 0.15) is 0 Å². The highest BCUT2D eigenvalue weighted by molar-refractivity contribution is 5.78. The van der Waals surface area contributed by atoms with Gasteiger partial charge in [-0.15, -0.1) is 0 Å². The Hall–Kier alpha value is -2.55. The van der Waals surface area contributed by atoms with Crippen LogP contribution in [0.4, 0.5) is 5.69 Å². The highest BCUT2D eigenvalue weighted by Crippen LogP contribution is 2.29. The highest BCUT2D eigenvalue weighted by atomic mass is 15.1. The first-order valence-corrected chi connectivity index (χ1v) is 6.62. The van der Waals surface area contributed by atoms with Crippen molar-refractivity contribution in [2.45, 2.75) is 0 Å². The van der Waals surface area contributed by atoms with Gasteiger partial charge in [-0.3, -0.25) is 0 Å². The van der Waals surface area contributed by atoms with Gasteiger partial charge in [-0.2, -0.15) is 0 Å². The van der Waals surface area contributed by atoms with Crippen LogP contribution in [0.2, 0.25) is 0 Å². The average Bonchev–Trinajstić information content (AvgIpc) is 2.97. The highest BCUT2D eigenvalue weighted by Gasteiger charge is 2.10. The molecule has 3 aromatic rings. The number of hydrogen-bond acceptors (Lipinski definition) is 2. The van der Waals surface area contributed by atoms with Crippen molar-refractivity contribution in [1.29, 1.82) is 0 Å². The van der Waals surface area contributed by atoms with Crippen LogP contribution in [-0.2, 0) is 0 Å². The number of rotatable bonds is 3. The Morgan fingerprint density at radius 1 is 0.850 bits per heavy atom. The van der Waals surface area contributed by atoms with Crippen molar-refractivity contribution in [3.8, 4) is 22.5 Å². The SMILES string of the molecule is CN(C)c1ccc(-c2[nH]cnc2-c2ccccc2)cc1. The van der Waals surface area contributed by atoms with Gasteiger partial charge in [0.25, 0.3) is 0 Å². The van der Waals surface area contributed by atoms with Gasteiger partial charge in [-0.1, -0.05) is 42.5 Å². The fraction of sp³-hybridized carbons (Fsp3) is 0.118. The summed E-state index contributed by atoms with van der Waals surface area (Å²) in [5, 5.41) is 0. The number of imidazole rings is 1. The monoisotopic (exact) mass is 263 g/mol. The van der Waals surface area contributed by atoms with Gasteiger partial charge < -0.3 is 9.88 Å². The minimum Gasteiger partial charge on any atom is -0.378 e. The number of nitrogens with one attached hydrogen (secondary N) is 1. The van der Waals surface area contributed by atoms with Crippen molar-refractivity contribution < 1.29 is 0 Å². The summed E-state index contributed by atoms with van der Waals surface area (Å²) in [6.45, 7) is 0. The molecule has 0 atom stereocenters. The quantitative estimate of drug-likeness (QED) is 0.779. The zero-order valence-corrected chi connectivity index (χ0v) is 11.7. The summed E-state index contributed by atoms with van der Waals surface area (Å²) in [4.78, 5) is 9.79. The molecule has 0 aliphatic carbocycles. The van der Waals surface area contributed by atoms with E-state index >= 15 is 0 Å². The van der Waals surface area contributed by atoms with Crippen LogP contribution in [0, 0.1) is 0 Å². The summed E-state index contributed by atoms with van der Waals surface area (Å²) in [6.07, 6.45) is 1.75. The maximum absolute atomic E-state index is 4.45. The molecule has 0 spiro atoms. The minimum atomic E-state index is 0.989. The van der Waals surface area contributed by atoms with E-state index in [1.807, 2.05) is 32.3 Å². The molecule has 0 radical (unpaired) electrons. The first-order chi connectivity index (χ1) is 9.75. The smallest absolute Gasteiger partial charge is 0.0960 e. The average molecular weight is 263 g/mol. The zero-order chi connectivity index (χ0) is 13.9. The van der Waals surface area contributed by atoms with E-state index in [0.29, 0.717) is 0 Å². The zero-order valence-electron chi connectivity index (χ0n) is 11.7. The van der Waals surface area contributed by atoms with Crippen LogP contribution in [0.5, 0.6) is 0 Å². The second kappa shape index (κ2) is 5.21. The fourth-order valence-corrected chi connectivity index (χ4v) is 2.26. The van der Waals surface area contributed by atoms with Gasteiger partial charge in [-0.05, 0) is 12.1 Å². The van der Waals surface area contributed by atoms with Crippen molar-refractivity contribution in [1.82, 2.24) is 9.97 Å². The number of hydrogen-bond donors (Lipinski definition) is 1. The molecule has 0 unspecified atom stereocenters. The lowest BCUT2D eigenvalue weighted by Crippen LogP contribution is -2.07. The number of aromatic nitrogens is 2. The van der Waals surface area contributed by atoms with E-state index in [2.05, 4.69) is 51.3 Å². The third-order valence-electron chi connectivity index (χ3n) is 3.36. The van der Waals surface area contributed by atoms with E-state index < -0.39 is 0 Å². The lowest BCUT2D eigenvalue weighted by molar-refractivity contribution is 1.13. The van der Waals surface area contributed by atoms with Gasteiger partial charge in [0.05, 0.1) is 17.7 Å². The molecule has 2 aromatic carbocycles. The first kappa shape index (κ1) is 12.5. The fourth-order valence-electron chi connectivity index (χ4n) is 2.26. The van der Waals surface area contributed by atoms with Gasteiger partial charge >= 0.3 is 0 Å². The molecular formula is C17H17N3. The van der Waals surface area contributed by atoms with E-state index in [9.17, 15) is 0 Å². The number of anilines is 1. The van der Waals surface area contributed by atoms with Crippen molar-refractivity contribution in [2.75, 3.05) is 19.0 Å². The summed E-state index contributed by atoms with van der Waals surface area (Å²) in [7, 11) is 4.08. The molecule has 3 rings (SSSR count). The minimum absolute atomic E-state index is 0.989. The molecule has 0 saturated heterocycles.